The van der Waals surface area contributed by atoms with Crippen molar-refractivity contribution in [3.05, 3.63) is 22.9 Å². The molecule has 1 unspecified atom stereocenters. The Labute approximate surface area is 98.3 Å². The zero-order chi connectivity index (χ0) is 11.6. The van der Waals surface area contributed by atoms with Crippen LogP contribution in [0.2, 0.25) is 0 Å². The van der Waals surface area contributed by atoms with E-state index in [9.17, 15) is 4.79 Å². The van der Waals surface area contributed by atoms with Gasteiger partial charge in [-0.05, 0) is 26.0 Å². The van der Waals surface area contributed by atoms with Gasteiger partial charge in [-0.1, -0.05) is 11.6 Å². The smallest absolute Gasteiger partial charge is 0.347 e. The van der Waals surface area contributed by atoms with Gasteiger partial charge < -0.3 is 9.84 Å². The lowest BCUT2D eigenvalue weighted by Crippen LogP contribution is -2.34. The van der Waals surface area contributed by atoms with Crippen LogP contribution >= 0.6 is 23.2 Å². The third-order valence-corrected chi connectivity index (χ3v) is 2.47. The van der Waals surface area contributed by atoms with Crippen molar-refractivity contribution in [3.8, 4) is 0 Å². The van der Waals surface area contributed by atoms with E-state index in [4.69, 9.17) is 33.0 Å². The molecule has 0 heterocycles. The number of aliphatic carboxylic acids is 1. The topological polar surface area (TPSA) is 46.5 Å². The first-order valence-corrected chi connectivity index (χ1v) is 5.27. The fourth-order valence-corrected chi connectivity index (χ4v) is 1.73. The van der Waals surface area contributed by atoms with Crippen LogP contribution in [-0.4, -0.2) is 22.1 Å². The molecule has 3 nitrogen and oxygen atoms in total. The minimum atomic E-state index is -1.28. The van der Waals surface area contributed by atoms with Gasteiger partial charge in [-0.25, -0.2) is 4.79 Å². The summed E-state index contributed by atoms with van der Waals surface area (Å²) in [5.74, 6) is -0.636. The van der Waals surface area contributed by atoms with Crippen LogP contribution in [0.1, 0.15) is 20.3 Å². The van der Waals surface area contributed by atoms with Gasteiger partial charge in [-0.3, -0.25) is 0 Å². The first-order valence-electron chi connectivity index (χ1n) is 4.45. The Morgan fingerprint density at radius 3 is 2.73 bits per heavy atom. The minimum Gasteiger partial charge on any atom is -0.478 e. The number of ether oxygens (including phenoxy) is 1. The van der Waals surface area contributed by atoms with E-state index in [0.29, 0.717) is 17.2 Å². The van der Waals surface area contributed by atoms with Crippen molar-refractivity contribution in [3.63, 3.8) is 0 Å². The number of hydrogen-bond acceptors (Lipinski definition) is 2. The second kappa shape index (κ2) is 4.45. The number of carboxylic acid groups (broad SMARTS) is 1. The van der Waals surface area contributed by atoms with Gasteiger partial charge in [0.15, 0.2) is 5.60 Å². The Kier molecular flexibility index (Phi) is 3.68. The van der Waals surface area contributed by atoms with Crippen LogP contribution < -0.4 is 0 Å². The molecule has 15 heavy (non-hydrogen) atoms. The molecule has 1 rings (SSSR count). The van der Waals surface area contributed by atoms with Gasteiger partial charge in [0.1, 0.15) is 5.76 Å². The van der Waals surface area contributed by atoms with Crippen LogP contribution in [0.4, 0.5) is 0 Å². The molecule has 0 aliphatic heterocycles. The second-order valence-corrected chi connectivity index (χ2v) is 4.84. The largest absolute Gasteiger partial charge is 0.478 e. The molecule has 0 spiro atoms. The van der Waals surface area contributed by atoms with Crippen LogP contribution in [0.25, 0.3) is 0 Å². The summed E-state index contributed by atoms with van der Waals surface area (Å²) in [6, 6.07) is 0. The van der Waals surface area contributed by atoms with Crippen molar-refractivity contribution in [2.75, 3.05) is 0 Å². The maximum Gasteiger partial charge on any atom is 0.347 e. The van der Waals surface area contributed by atoms with Crippen LogP contribution in [0.3, 0.4) is 0 Å². The van der Waals surface area contributed by atoms with Gasteiger partial charge in [0, 0.05) is 11.5 Å². The third-order valence-electron chi connectivity index (χ3n) is 1.92. The fourth-order valence-electron chi connectivity index (χ4n) is 1.09. The summed E-state index contributed by atoms with van der Waals surface area (Å²) < 4.78 is 5.30. The fraction of sp³-hybridized carbons (Fsp3) is 0.500. The molecule has 0 saturated carbocycles. The van der Waals surface area contributed by atoms with Gasteiger partial charge >= 0.3 is 5.97 Å². The van der Waals surface area contributed by atoms with Gasteiger partial charge in [0.05, 0.1) is 5.38 Å². The highest BCUT2D eigenvalue weighted by Crippen LogP contribution is 2.27. The molecule has 1 atom stereocenters. The number of carbonyl (C=O) groups is 1. The van der Waals surface area contributed by atoms with Crippen molar-refractivity contribution in [1.82, 2.24) is 0 Å². The first-order chi connectivity index (χ1) is 6.81. The van der Waals surface area contributed by atoms with E-state index >= 15 is 0 Å². The van der Waals surface area contributed by atoms with Crippen LogP contribution in [-0.2, 0) is 9.53 Å². The highest BCUT2D eigenvalue weighted by Gasteiger charge is 2.30. The summed E-state index contributed by atoms with van der Waals surface area (Å²) in [7, 11) is 0. The quantitative estimate of drug-likeness (QED) is 0.784. The van der Waals surface area contributed by atoms with Crippen molar-refractivity contribution in [1.29, 1.82) is 0 Å². The number of allylic oxidation sites excluding steroid dienone is 3. The standard InChI is InChI=1S/C10H12Cl2O3/c1-10(2,9(13)14)15-8-4-6(11)3-7(12)5-8/h4-6H,3H2,1-2H3,(H,13,14). The lowest BCUT2D eigenvalue weighted by Gasteiger charge is -2.24. The Balaban J connectivity index is 2.78. The van der Waals surface area contributed by atoms with Gasteiger partial charge in [-0.2, -0.15) is 0 Å². The molecule has 0 radical (unpaired) electrons. The number of hydrogen-bond donors (Lipinski definition) is 1. The van der Waals surface area contributed by atoms with Crippen molar-refractivity contribution >= 4 is 29.2 Å². The minimum absolute atomic E-state index is 0.248. The monoisotopic (exact) mass is 250 g/mol. The van der Waals surface area contributed by atoms with E-state index in [0.717, 1.165) is 0 Å². The average Bonchev–Trinajstić information content (AvgIpc) is 1.99. The first kappa shape index (κ1) is 12.4. The summed E-state index contributed by atoms with van der Waals surface area (Å²) in [4.78, 5) is 10.8. The van der Waals surface area contributed by atoms with Crippen LogP contribution in [0.15, 0.2) is 22.9 Å². The summed E-state index contributed by atoms with van der Waals surface area (Å²) in [6.45, 7) is 2.94. The molecule has 1 aliphatic carbocycles. The van der Waals surface area contributed by atoms with E-state index in [-0.39, 0.29) is 5.38 Å². The van der Waals surface area contributed by atoms with Crippen LogP contribution in [0.5, 0.6) is 0 Å². The molecule has 1 aliphatic rings. The number of carboxylic acids is 1. The molecule has 5 heteroatoms. The molecular formula is C10H12Cl2O3. The molecule has 0 amide bonds. The Hall–Kier alpha value is -0.670. The van der Waals surface area contributed by atoms with Gasteiger partial charge in [-0.15, -0.1) is 11.6 Å². The Bertz CT molecular complexity index is 332. The third kappa shape index (κ3) is 3.43. The zero-order valence-corrected chi connectivity index (χ0v) is 9.97. The maximum absolute atomic E-state index is 10.8. The highest BCUT2D eigenvalue weighted by atomic mass is 35.5. The lowest BCUT2D eigenvalue weighted by molar-refractivity contribution is -0.156. The molecule has 84 valence electrons. The van der Waals surface area contributed by atoms with Gasteiger partial charge in [0.2, 0.25) is 0 Å². The van der Waals surface area contributed by atoms with E-state index in [2.05, 4.69) is 0 Å². The van der Waals surface area contributed by atoms with E-state index in [1.54, 1.807) is 12.2 Å². The lowest BCUT2D eigenvalue weighted by atomic mass is 10.1. The summed E-state index contributed by atoms with van der Waals surface area (Å²) in [5, 5.41) is 9.18. The summed E-state index contributed by atoms with van der Waals surface area (Å²) in [6.07, 6.45) is 3.78. The molecule has 1 N–H and O–H groups in total. The Morgan fingerprint density at radius 1 is 1.67 bits per heavy atom. The molecule has 0 fully saturated rings. The van der Waals surface area contributed by atoms with Crippen molar-refractivity contribution < 1.29 is 14.6 Å². The SMILES string of the molecule is CC(C)(OC1=CC(Cl)CC(Cl)=C1)C(=O)O. The highest BCUT2D eigenvalue weighted by molar-refractivity contribution is 6.31. The van der Waals surface area contributed by atoms with Crippen molar-refractivity contribution in [2.24, 2.45) is 0 Å². The van der Waals surface area contributed by atoms with E-state index < -0.39 is 11.6 Å². The molecular weight excluding hydrogens is 239 g/mol. The second-order valence-electron chi connectivity index (χ2n) is 3.80. The molecule has 0 aromatic heterocycles. The predicted molar refractivity (Wildman–Crippen MR) is 59.1 cm³/mol. The summed E-state index contributed by atoms with van der Waals surface area (Å²) in [5.41, 5.74) is -1.28. The van der Waals surface area contributed by atoms with Crippen molar-refractivity contribution in [2.45, 2.75) is 31.2 Å². The van der Waals surface area contributed by atoms with E-state index in [1.165, 1.54) is 13.8 Å². The predicted octanol–water partition coefficient (Wildman–Crippen LogP) is 2.88. The molecule has 0 aromatic carbocycles. The number of halogens is 2. The number of alkyl halides is 1. The zero-order valence-electron chi connectivity index (χ0n) is 8.46. The van der Waals surface area contributed by atoms with Gasteiger partial charge in [0.25, 0.3) is 0 Å². The molecule has 0 saturated heterocycles. The molecule has 0 bridgehead atoms. The van der Waals surface area contributed by atoms with Crippen LogP contribution in [0, 0.1) is 0 Å². The number of rotatable bonds is 3. The average molecular weight is 251 g/mol. The van der Waals surface area contributed by atoms with E-state index in [1.807, 2.05) is 0 Å². The molecule has 0 aromatic rings. The maximum atomic E-state index is 10.8. The normalized spacial score (nSPS) is 21.7. The summed E-state index contributed by atoms with van der Waals surface area (Å²) >= 11 is 11.7. The Morgan fingerprint density at radius 2 is 2.27 bits per heavy atom.